The molecule has 9 aromatic carbocycles. The average molecular weight is 891 g/mol. The number of fused-ring (bicyclic) bond motifs is 6. The molecular weight excluding hydrogens is 857 g/mol. The Morgan fingerprint density at radius 2 is 0.771 bits per heavy atom. The normalized spacial score (nSPS) is 11.1. The van der Waals surface area contributed by atoms with Crippen LogP contribution in [0.4, 0.5) is 11.4 Å². The molecule has 322 valence electrons. The van der Waals surface area contributed by atoms with Gasteiger partial charge in [-0.1, -0.05) is 115 Å². The standard InChI is InChI=1S/C62H34N8/c1-65-55-33-47(34-56(66-2)61(55)70-59-14-8-5-11-51(59)52-35-48(31-32-60(52)70)69-57-12-6-3-9-49(57)50-10-4-7-13-58(50)69)43-25-23-41(24-26-43)42-27-29-45(30-28-42)54-36-53(44-19-15-39(37-63)16-20-44)67-62(68-54)46-21-17-40(38-64)18-22-46/h3-36H. The molecule has 12 aromatic rings. The summed E-state index contributed by atoms with van der Waals surface area (Å²) in [5, 5.41) is 23.2. The Kier molecular flexibility index (Phi) is 9.86. The second-order valence-electron chi connectivity index (χ2n) is 17.0. The molecule has 8 heteroatoms. The number of hydrogen-bond acceptors (Lipinski definition) is 4. The third-order valence-electron chi connectivity index (χ3n) is 13.1. The average Bonchev–Trinajstić information content (AvgIpc) is 3.95. The van der Waals surface area contributed by atoms with E-state index in [0.29, 0.717) is 39.7 Å². The van der Waals surface area contributed by atoms with Crippen LogP contribution in [0.5, 0.6) is 0 Å². The van der Waals surface area contributed by atoms with E-state index in [1.54, 1.807) is 24.3 Å². The van der Waals surface area contributed by atoms with Crippen LogP contribution in [0.2, 0.25) is 0 Å². The zero-order valence-electron chi connectivity index (χ0n) is 37.2. The van der Waals surface area contributed by atoms with Gasteiger partial charge in [-0.25, -0.2) is 19.7 Å². The molecule has 0 aliphatic rings. The lowest BCUT2D eigenvalue weighted by Gasteiger charge is -2.15. The summed E-state index contributed by atoms with van der Waals surface area (Å²) in [5.74, 6) is 0.525. The van der Waals surface area contributed by atoms with Crippen LogP contribution in [-0.4, -0.2) is 19.1 Å². The summed E-state index contributed by atoms with van der Waals surface area (Å²) >= 11 is 0. The Morgan fingerprint density at radius 1 is 0.371 bits per heavy atom. The molecule has 0 radical (unpaired) electrons. The zero-order valence-corrected chi connectivity index (χ0v) is 37.2. The quantitative estimate of drug-likeness (QED) is 0.149. The zero-order chi connectivity index (χ0) is 47.3. The number of para-hydroxylation sites is 3. The van der Waals surface area contributed by atoms with Crippen molar-refractivity contribution in [1.29, 1.82) is 10.5 Å². The van der Waals surface area contributed by atoms with E-state index in [0.717, 1.165) is 83.2 Å². The third kappa shape index (κ3) is 6.90. The molecule has 0 amide bonds. The van der Waals surface area contributed by atoms with Crippen LogP contribution in [0.3, 0.4) is 0 Å². The highest BCUT2D eigenvalue weighted by Gasteiger charge is 2.21. The van der Waals surface area contributed by atoms with Crippen molar-refractivity contribution >= 4 is 55.0 Å². The lowest BCUT2D eigenvalue weighted by atomic mass is 9.98. The van der Waals surface area contributed by atoms with E-state index in [2.05, 4.69) is 134 Å². The van der Waals surface area contributed by atoms with Crippen LogP contribution < -0.4 is 0 Å². The summed E-state index contributed by atoms with van der Waals surface area (Å²) in [4.78, 5) is 18.0. The molecule has 0 N–H and O–H groups in total. The van der Waals surface area contributed by atoms with Crippen molar-refractivity contribution in [3.8, 4) is 79.7 Å². The molecule has 0 atom stereocenters. The lowest BCUT2D eigenvalue weighted by Crippen LogP contribution is -1.97. The van der Waals surface area contributed by atoms with E-state index in [9.17, 15) is 10.5 Å². The molecular formula is C62H34N8. The van der Waals surface area contributed by atoms with E-state index >= 15 is 0 Å². The van der Waals surface area contributed by atoms with Crippen LogP contribution in [0, 0.1) is 35.8 Å². The fraction of sp³-hybridized carbons (Fsp3) is 0. The summed E-state index contributed by atoms with van der Waals surface area (Å²) in [6.07, 6.45) is 0. The number of nitriles is 2. The van der Waals surface area contributed by atoms with E-state index in [1.807, 2.05) is 78.9 Å². The molecule has 8 nitrogen and oxygen atoms in total. The van der Waals surface area contributed by atoms with Crippen molar-refractivity contribution in [3.63, 3.8) is 0 Å². The third-order valence-corrected chi connectivity index (χ3v) is 13.1. The number of benzene rings is 9. The first kappa shape index (κ1) is 41.1. The smallest absolute Gasteiger partial charge is 0.200 e. The van der Waals surface area contributed by atoms with Gasteiger partial charge in [0.25, 0.3) is 0 Å². The van der Waals surface area contributed by atoms with Gasteiger partial charge in [0.1, 0.15) is 0 Å². The molecule has 3 heterocycles. The Bertz CT molecular complexity index is 4080. The Labute approximate surface area is 402 Å². The number of rotatable bonds is 7. The summed E-state index contributed by atoms with van der Waals surface area (Å²) in [7, 11) is 0. The monoisotopic (exact) mass is 890 g/mol. The van der Waals surface area contributed by atoms with Gasteiger partial charge in [0.2, 0.25) is 11.4 Å². The Balaban J connectivity index is 0.881. The second-order valence-corrected chi connectivity index (χ2v) is 17.0. The number of hydrogen-bond donors (Lipinski definition) is 0. The number of nitrogens with zero attached hydrogens (tertiary/aromatic N) is 8. The Morgan fingerprint density at radius 3 is 1.26 bits per heavy atom. The van der Waals surface area contributed by atoms with Crippen LogP contribution in [-0.2, 0) is 0 Å². The first-order valence-corrected chi connectivity index (χ1v) is 22.6. The molecule has 0 unspecified atom stereocenters. The SMILES string of the molecule is [C-]#[N+]c1cc(-c2ccc(-c3ccc(-c4cc(-c5ccc(C#N)cc5)nc(-c5ccc(C#N)cc5)n4)cc3)cc2)cc([N+]#[C-])c1-n1c2ccccc2c2cc(-n3c4ccccc4c4ccccc43)ccc21. The minimum absolute atomic E-state index is 0.395. The molecule has 3 aromatic heterocycles. The maximum absolute atomic E-state index is 9.37. The fourth-order valence-electron chi connectivity index (χ4n) is 9.68. The highest BCUT2D eigenvalue weighted by molar-refractivity contribution is 6.13. The first-order chi connectivity index (χ1) is 34.5. The van der Waals surface area contributed by atoms with E-state index in [-0.39, 0.29) is 0 Å². The predicted octanol–water partition coefficient (Wildman–Crippen LogP) is 15.9. The molecule has 0 fully saturated rings. The molecule has 0 aliphatic carbocycles. The summed E-state index contributed by atoms with van der Waals surface area (Å²) in [6, 6.07) is 72.7. The van der Waals surface area contributed by atoms with Gasteiger partial charge in [-0.15, -0.1) is 0 Å². The van der Waals surface area contributed by atoms with Gasteiger partial charge in [-0.3, -0.25) is 0 Å². The van der Waals surface area contributed by atoms with E-state index < -0.39 is 0 Å². The molecule has 0 aliphatic heterocycles. The van der Waals surface area contributed by atoms with Crippen molar-refractivity contribution in [2.75, 3.05) is 0 Å². The molecule has 0 bridgehead atoms. The van der Waals surface area contributed by atoms with Crippen molar-refractivity contribution in [2.24, 2.45) is 0 Å². The highest BCUT2D eigenvalue weighted by atomic mass is 15.0. The van der Waals surface area contributed by atoms with Gasteiger partial charge in [-0.2, -0.15) is 10.5 Å². The maximum Gasteiger partial charge on any atom is 0.200 e. The van der Waals surface area contributed by atoms with Crippen LogP contribution >= 0.6 is 0 Å². The van der Waals surface area contributed by atoms with Gasteiger partial charge >= 0.3 is 0 Å². The van der Waals surface area contributed by atoms with Crippen LogP contribution in [0.25, 0.3) is 121 Å². The number of aromatic nitrogens is 4. The van der Waals surface area contributed by atoms with E-state index in [1.165, 1.54) is 10.8 Å². The fourth-order valence-corrected chi connectivity index (χ4v) is 9.68. The molecule has 12 rings (SSSR count). The van der Waals surface area contributed by atoms with Crippen LogP contribution in [0.1, 0.15) is 11.1 Å². The largest absolute Gasteiger partial charge is 0.329 e. The maximum atomic E-state index is 9.37. The van der Waals surface area contributed by atoms with Gasteiger partial charge in [0.05, 0.1) is 75.6 Å². The first-order valence-electron chi connectivity index (χ1n) is 22.6. The Hall–Kier alpha value is -10.4. The van der Waals surface area contributed by atoms with Crippen LogP contribution in [0.15, 0.2) is 206 Å². The van der Waals surface area contributed by atoms with Crippen molar-refractivity contribution in [3.05, 3.63) is 240 Å². The molecule has 0 saturated carbocycles. The summed E-state index contributed by atoms with van der Waals surface area (Å²) in [5.41, 5.74) is 15.3. The van der Waals surface area contributed by atoms with Gasteiger partial charge in [0, 0.05) is 43.9 Å². The summed E-state index contributed by atoms with van der Waals surface area (Å²) < 4.78 is 4.40. The van der Waals surface area contributed by atoms with Gasteiger partial charge in [0.15, 0.2) is 5.82 Å². The van der Waals surface area contributed by atoms with Crippen molar-refractivity contribution < 1.29 is 0 Å². The minimum atomic E-state index is 0.395. The molecule has 70 heavy (non-hydrogen) atoms. The van der Waals surface area contributed by atoms with Crippen molar-refractivity contribution in [2.45, 2.75) is 0 Å². The molecule has 0 saturated heterocycles. The second kappa shape index (κ2) is 16.8. The van der Waals surface area contributed by atoms with Gasteiger partial charge in [-0.05, 0) is 113 Å². The summed E-state index contributed by atoms with van der Waals surface area (Å²) in [6.45, 7) is 16.9. The van der Waals surface area contributed by atoms with E-state index in [4.69, 9.17) is 23.1 Å². The lowest BCUT2D eigenvalue weighted by molar-refractivity contribution is 1.17. The molecule has 0 spiro atoms. The highest BCUT2D eigenvalue weighted by Crippen LogP contribution is 2.44. The van der Waals surface area contributed by atoms with Crippen molar-refractivity contribution in [1.82, 2.24) is 19.1 Å². The van der Waals surface area contributed by atoms with Gasteiger partial charge < -0.3 is 9.13 Å². The topological polar surface area (TPSA) is 91.9 Å². The minimum Gasteiger partial charge on any atom is -0.329 e. The predicted molar refractivity (Wildman–Crippen MR) is 280 cm³/mol.